The smallest absolute Gasteiger partial charge is 0.255 e. The average Bonchev–Trinajstić information content (AvgIpc) is 2.50. The second-order valence-electron chi connectivity index (χ2n) is 4.55. The van der Waals surface area contributed by atoms with Gasteiger partial charge in [-0.3, -0.25) is 4.79 Å². The number of rotatable bonds is 6. The van der Waals surface area contributed by atoms with E-state index in [0.29, 0.717) is 18.1 Å². The summed E-state index contributed by atoms with van der Waals surface area (Å²) in [6.07, 6.45) is 0.828. The van der Waals surface area contributed by atoms with Crippen molar-refractivity contribution in [3.63, 3.8) is 0 Å². The SMILES string of the molecule is CCOc1ccc(C(=O)Nc2ccc(CCCl)cc2)cc1. The van der Waals surface area contributed by atoms with Gasteiger partial charge in [0.25, 0.3) is 5.91 Å². The van der Waals surface area contributed by atoms with Gasteiger partial charge in [-0.1, -0.05) is 12.1 Å². The zero-order valence-electron chi connectivity index (χ0n) is 11.9. The molecule has 0 heterocycles. The first kappa shape index (κ1) is 15.4. The van der Waals surface area contributed by atoms with Crippen LogP contribution in [0.5, 0.6) is 5.75 Å². The Labute approximate surface area is 129 Å². The summed E-state index contributed by atoms with van der Waals surface area (Å²) in [5.41, 5.74) is 2.53. The van der Waals surface area contributed by atoms with Gasteiger partial charge < -0.3 is 10.1 Å². The maximum absolute atomic E-state index is 12.1. The third-order valence-electron chi connectivity index (χ3n) is 3.02. The van der Waals surface area contributed by atoms with Crippen LogP contribution in [0.3, 0.4) is 0 Å². The molecule has 0 fully saturated rings. The molecule has 2 rings (SSSR count). The van der Waals surface area contributed by atoms with Crippen molar-refractivity contribution in [2.75, 3.05) is 17.8 Å². The summed E-state index contributed by atoms with van der Waals surface area (Å²) < 4.78 is 5.35. The topological polar surface area (TPSA) is 38.3 Å². The van der Waals surface area contributed by atoms with Gasteiger partial charge in [0.05, 0.1) is 6.61 Å². The minimum Gasteiger partial charge on any atom is -0.494 e. The summed E-state index contributed by atoms with van der Waals surface area (Å²) in [6, 6.07) is 14.8. The maximum atomic E-state index is 12.1. The first-order valence-corrected chi connectivity index (χ1v) is 7.45. The number of anilines is 1. The second-order valence-corrected chi connectivity index (χ2v) is 4.93. The first-order chi connectivity index (χ1) is 10.2. The number of ether oxygens (including phenoxy) is 1. The molecule has 0 atom stereocenters. The minimum absolute atomic E-state index is 0.136. The van der Waals surface area contributed by atoms with Crippen molar-refractivity contribution in [1.29, 1.82) is 0 Å². The van der Waals surface area contributed by atoms with Gasteiger partial charge in [0.1, 0.15) is 5.75 Å². The van der Waals surface area contributed by atoms with Crippen molar-refractivity contribution in [1.82, 2.24) is 0 Å². The van der Waals surface area contributed by atoms with E-state index in [1.807, 2.05) is 31.2 Å². The lowest BCUT2D eigenvalue weighted by Crippen LogP contribution is -2.11. The lowest BCUT2D eigenvalue weighted by Gasteiger charge is -2.07. The third-order valence-corrected chi connectivity index (χ3v) is 3.21. The fourth-order valence-electron chi connectivity index (χ4n) is 1.94. The minimum atomic E-state index is -0.136. The Bertz CT molecular complexity index is 579. The van der Waals surface area contributed by atoms with Gasteiger partial charge >= 0.3 is 0 Å². The molecule has 0 aliphatic heterocycles. The number of nitrogens with one attached hydrogen (secondary N) is 1. The number of carbonyl (C=O) groups is 1. The molecular weight excluding hydrogens is 286 g/mol. The van der Waals surface area contributed by atoms with Crippen LogP contribution >= 0.6 is 11.6 Å². The molecule has 0 aliphatic rings. The number of hydrogen-bond acceptors (Lipinski definition) is 2. The fourth-order valence-corrected chi connectivity index (χ4v) is 2.15. The highest BCUT2D eigenvalue weighted by atomic mass is 35.5. The van der Waals surface area contributed by atoms with Crippen LogP contribution in [0, 0.1) is 0 Å². The molecule has 0 spiro atoms. The Morgan fingerprint density at radius 2 is 1.76 bits per heavy atom. The molecule has 0 saturated heterocycles. The number of hydrogen-bond donors (Lipinski definition) is 1. The molecular formula is C17H18ClNO2. The summed E-state index contributed by atoms with van der Waals surface area (Å²) >= 11 is 5.70. The van der Waals surface area contributed by atoms with E-state index in [0.717, 1.165) is 23.4 Å². The number of amides is 1. The fraction of sp³-hybridized carbons (Fsp3) is 0.235. The normalized spacial score (nSPS) is 10.2. The standard InChI is InChI=1S/C17H18ClNO2/c1-2-21-16-9-5-14(6-10-16)17(20)19-15-7-3-13(4-8-15)11-12-18/h3-10H,2,11-12H2,1H3,(H,19,20). The van der Waals surface area contributed by atoms with Crippen LogP contribution in [-0.2, 0) is 6.42 Å². The molecule has 0 aliphatic carbocycles. The molecule has 21 heavy (non-hydrogen) atoms. The molecule has 1 N–H and O–H groups in total. The van der Waals surface area contributed by atoms with Crippen molar-refractivity contribution in [3.05, 3.63) is 59.7 Å². The number of benzene rings is 2. The first-order valence-electron chi connectivity index (χ1n) is 6.92. The Hall–Kier alpha value is -2.00. The molecule has 4 heteroatoms. The van der Waals surface area contributed by atoms with E-state index in [2.05, 4.69) is 5.32 Å². The van der Waals surface area contributed by atoms with Crippen LogP contribution in [0.15, 0.2) is 48.5 Å². The molecule has 0 bridgehead atoms. The van der Waals surface area contributed by atoms with Crippen LogP contribution in [0.1, 0.15) is 22.8 Å². The molecule has 0 unspecified atom stereocenters. The van der Waals surface area contributed by atoms with Crippen LogP contribution in [0.4, 0.5) is 5.69 Å². The number of aryl methyl sites for hydroxylation is 1. The molecule has 1 amide bonds. The van der Waals surface area contributed by atoms with E-state index in [1.165, 1.54) is 0 Å². The zero-order valence-corrected chi connectivity index (χ0v) is 12.7. The summed E-state index contributed by atoms with van der Waals surface area (Å²) in [6.45, 7) is 2.54. The van der Waals surface area contributed by atoms with Crippen molar-refractivity contribution >= 4 is 23.2 Å². The number of alkyl halides is 1. The zero-order chi connectivity index (χ0) is 15.1. The van der Waals surface area contributed by atoms with Crippen LogP contribution in [0.25, 0.3) is 0 Å². The summed E-state index contributed by atoms with van der Waals surface area (Å²) in [4.78, 5) is 12.1. The summed E-state index contributed by atoms with van der Waals surface area (Å²) in [5.74, 6) is 1.22. The predicted octanol–water partition coefficient (Wildman–Crippen LogP) is 4.12. The van der Waals surface area contributed by atoms with Crippen molar-refractivity contribution in [2.24, 2.45) is 0 Å². The van der Waals surface area contributed by atoms with E-state index in [4.69, 9.17) is 16.3 Å². The van der Waals surface area contributed by atoms with Gasteiger partial charge in [-0.25, -0.2) is 0 Å². The Kier molecular flexibility index (Phi) is 5.64. The van der Waals surface area contributed by atoms with E-state index >= 15 is 0 Å². The Balaban J connectivity index is 2.00. The summed E-state index contributed by atoms with van der Waals surface area (Å²) in [5, 5.41) is 2.87. The van der Waals surface area contributed by atoms with Crippen LogP contribution in [0.2, 0.25) is 0 Å². The third kappa shape index (κ3) is 4.50. The predicted molar refractivity (Wildman–Crippen MR) is 86.4 cm³/mol. The highest BCUT2D eigenvalue weighted by Crippen LogP contribution is 2.15. The lowest BCUT2D eigenvalue weighted by molar-refractivity contribution is 0.102. The highest BCUT2D eigenvalue weighted by Gasteiger charge is 2.06. The van der Waals surface area contributed by atoms with Gasteiger partial charge in [-0.05, 0) is 55.3 Å². The Morgan fingerprint density at radius 1 is 1.10 bits per heavy atom. The van der Waals surface area contributed by atoms with E-state index in [1.54, 1.807) is 24.3 Å². The summed E-state index contributed by atoms with van der Waals surface area (Å²) in [7, 11) is 0. The van der Waals surface area contributed by atoms with Gasteiger partial charge in [-0.2, -0.15) is 0 Å². The van der Waals surface area contributed by atoms with Crippen molar-refractivity contribution in [2.45, 2.75) is 13.3 Å². The Morgan fingerprint density at radius 3 is 2.33 bits per heavy atom. The van der Waals surface area contributed by atoms with Gasteiger partial charge in [-0.15, -0.1) is 11.6 Å². The molecule has 0 radical (unpaired) electrons. The second kappa shape index (κ2) is 7.70. The molecule has 110 valence electrons. The van der Waals surface area contributed by atoms with Crippen LogP contribution in [-0.4, -0.2) is 18.4 Å². The molecule has 2 aromatic rings. The van der Waals surface area contributed by atoms with Gasteiger partial charge in [0, 0.05) is 17.1 Å². The molecule has 0 saturated carbocycles. The average molecular weight is 304 g/mol. The molecule has 0 aromatic heterocycles. The monoisotopic (exact) mass is 303 g/mol. The van der Waals surface area contributed by atoms with Gasteiger partial charge in [0.2, 0.25) is 0 Å². The highest BCUT2D eigenvalue weighted by molar-refractivity contribution is 6.18. The lowest BCUT2D eigenvalue weighted by atomic mass is 10.1. The largest absolute Gasteiger partial charge is 0.494 e. The van der Waals surface area contributed by atoms with Gasteiger partial charge in [0.15, 0.2) is 0 Å². The van der Waals surface area contributed by atoms with E-state index < -0.39 is 0 Å². The van der Waals surface area contributed by atoms with Crippen LogP contribution < -0.4 is 10.1 Å². The number of halogens is 1. The maximum Gasteiger partial charge on any atom is 0.255 e. The van der Waals surface area contributed by atoms with E-state index in [9.17, 15) is 4.79 Å². The van der Waals surface area contributed by atoms with E-state index in [-0.39, 0.29) is 5.91 Å². The molecule has 2 aromatic carbocycles. The quantitative estimate of drug-likeness (QED) is 0.815. The number of carbonyl (C=O) groups excluding carboxylic acids is 1. The van der Waals surface area contributed by atoms with Crippen molar-refractivity contribution < 1.29 is 9.53 Å². The van der Waals surface area contributed by atoms with Crippen molar-refractivity contribution in [3.8, 4) is 5.75 Å². The molecule has 3 nitrogen and oxygen atoms in total.